The van der Waals surface area contributed by atoms with Crippen molar-refractivity contribution in [2.45, 2.75) is 0 Å². The summed E-state index contributed by atoms with van der Waals surface area (Å²) in [5, 5.41) is 0. The highest BCUT2D eigenvalue weighted by molar-refractivity contribution is 6.30. The monoisotopic (exact) mass is 460 g/mol. The number of benzene rings is 4. The van der Waals surface area contributed by atoms with Crippen molar-refractivity contribution < 1.29 is 28.7 Å². The molecule has 4 aromatic rings. The molecule has 0 amide bonds. The van der Waals surface area contributed by atoms with Gasteiger partial charge in [-0.2, -0.15) is 0 Å². The molecule has 0 heterocycles. The fraction of sp³-hybridized carbons (Fsp3) is 0.0345. The zero-order valence-electron chi connectivity index (χ0n) is 18.2. The van der Waals surface area contributed by atoms with Gasteiger partial charge in [0.15, 0.2) is 23.1 Å². The molecule has 0 aliphatic heterocycles. The van der Waals surface area contributed by atoms with Crippen molar-refractivity contribution in [3.8, 4) is 11.5 Å². The van der Waals surface area contributed by atoms with Crippen LogP contribution in [0.4, 0.5) is 0 Å². The minimum atomic E-state index is -0.334. The van der Waals surface area contributed by atoms with Crippen LogP contribution in [0.5, 0.6) is 11.5 Å². The van der Waals surface area contributed by atoms with Gasteiger partial charge in [0.05, 0.1) is 11.1 Å². The van der Waals surface area contributed by atoms with Crippen molar-refractivity contribution in [1.82, 2.24) is 0 Å². The van der Waals surface area contributed by atoms with Crippen LogP contribution in [0.2, 0.25) is 0 Å². The Morgan fingerprint density at radius 1 is 0.400 bits per heavy atom. The molecule has 2 aliphatic rings. The summed E-state index contributed by atoms with van der Waals surface area (Å²) in [7, 11) is 0. The van der Waals surface area contributed by atoms with Crippen molar-refractivity contribution in [2.75, 3.05) is 6.79 Å². The van der Waals surface area contributed by atoms with Gasteiger partial charge in [-0.05, 0) is 12.1 Å². The maximum Gasteiger partial charge on any atom is 0.230 e. The molecule has 0 spiro atoms. The first-order valence-corrected chi connectivity index (χ1v) is 10.9. The van der Waals surface area contributed by atoms with Crippen LogP contribution in [-0.2, 0) is 0 Å². The van der Waals surface area contributed by atoms with Gasteiger partial charge in [0.1, 0.15) is 11.5 Å². The minimum absolute atomic E-state index is 0.176. The molecular formula is C29H16O6. The molecule has 0 bridgehead atoms. The number of ether oxygens (including phenoxy) is 2. The summed E-state index contributed by atoms with van der Waals surface area (Å²) in [5.74, 6) is -0.704. The summed E-state index contributed by atoms with van der Waals surface area (Å²) < 4.78 is 11.5. The maximum absolute atomic E-state index is 13.1. The van der Waals surface area contributed by atoms with Crippen LogP contribution in [0.1, 0.15) is 63.7 Å². The first-order valence-electron chi connectivity index (χ1n) is 10.9. The molecule has 4 aromatic carbocycles. The van der Waals surface area contributed by atoms with E-state index in [9.17, 15) is 19.2 Å². The average molecular weight is 460 g/mol. The molecule has 2 aliphatic carbocycles. The Labute approximate surface area is 199 Å². The van der Waals surface area contributed by atoms with E-state index in [1.54, 1.807) is 84.9 Å². The lowest BCUT2D eigenvalue weighted by Crippen LogP contribution is -2.23. The Hall–Kier alpha value is -4.84. The summed E-state index contributed by atoms with van der Waals surface area (Å²) in [5.41, 5.74) is 2.24. The summed E-state index contributed by atoms with van der Waals surface area (Å²) in [4.78, 5) is 52.1. The molecule has 6 rings (SSSR count). The SMILES string of the molecule is O=C1c2ccccc2C(=O)c2c(OCOc3cccc4c3C(=O)c3ccccc3C4=O)cccc21. The number of carbonyl (C=O) groups is 4. The zero-order valence-corrected chi connectivity index (χ0v) is 18.2. The summed E-state index contributed by atoms with van der Waals surface area (Å²) in [6.45, 7) is -0.334. The lowest BCUT2D eigenvalue weighted by Gasteiger charge is -2.21. The van der Waals surface area contributed by atoms with Crippen LogP contribution in [0, 0.1) is 0 Å². The fourth-order valence-corrected chi connectivity index (χ4v) is 4.62. The smallest absolute Gasteiger partial charge is 0.230 e. The molecule has 0 fully saturated rings. The molecule has 0 unspecified atom stereocenters. The van der Waals surface area contributed by atoms with Gasteiger partial charge in [-0.3, -0.25) is 19.2 Å². The molecule has 0 radical (unpaired) electrons. The van der Waals surface area contributed by atoms with Crippen LogP contribution < -0.4 is 9.47 Å². The van der Waals surface area contributed by atoms with E-state index in [-0.39, 0.29) is 63.7 Å². The molecule has 6 heteroatoms. The van der Waals surface area contributed by atoms with Crippen LogP contribution in [0.25, 0.3) is 0 Å². The van der Waals surface area contributed by atoms with Crippen LogP contribution in [0.3, 0.4) is 0 Å². The van der Waals surface area contributed by atoms with E-state index in [4.69, 9.17) is 9.47 Å². The zero-order chi connectivity index (χ0) is 24.1. The van der Waals surface area contributed by atoms with Crippen molar-refractivity contribution in [1.29, 1.82) is 0 Å². The van der Waals surface area contributed by atoms with Gasteiger partial charge in [-0.15, -0.1) is 0 Å². The average Bonchev–Trinajstić information content (AvgIpc) is 2.90. The number of ketones is 4. The number of carbonyl (C=O) groups excluding carboxylic acids is 4. The predicted octanol–water partition coefficient (Wildman–Crippen LogP) is 4.65. The van der Waals surface area contributed by atoms with Crippen molar-refractivity contribution in [3.63, 3.8) is 0 Å². The highest BCUT2D eigenvalue weighted by Gasteiger charge is 2.33. The van der Waals surface area contributed by atoms with Crippen molar-refractivity contribution in [3.05, 3.63) is 129 Å². The van der Waals surface area contributed by atoms with E-state index in [0.717, 1.165) is 0 Å². The van der Waals surface area contributed by atoms with Gasteiger partial charge in [0, 0.05) is 33.4 Å². The van der Waals surface area contributed by atoms with Crippen molar-refractivity contribution >= 4 is 23.1 Å². The number of fused-ring (bicyclic) bond motifs is 4. The van der Waals surface area contributed by atoms with Gasteiger partial charge in [-0.1, -0.05) is 72.8 Å². The molecule has 0 aromatic heterocycles. The van der Waals surface area contributed by atoms with Crippen LogP contribution in [-0.4, -0.2) is 29.9 Å². The number of rotatable bonds is 4. The molecule has 0 saturated heterocycles. The Morgan fingerprint density at radius 3 is 1.14 bits per heavy atom. The second-order valence-corrected chi connectivity index (χ2v) is 8.17. The Kier molecular flexibility index (Phi) is 4.67. The van der Waals surface area contributed by atoms with Gasteiger partial charge in [0.25, 0.3) is 0 Å². The largest absolute Gasteiger partial charge is 0.457 e. The lowest BCUT2D eigenvalue weighted by atomic mass is 9.83. The van der Waals surface area contributed by atoms with Crippen molar-refractivity contribution in [2.24, 2.45) is 0 Å². The summed E-state index contributed by atoms with van der Waals surface area (Å²) in [6.07, 6.45) is 0. The second kappa shape index (κ2) is 7.88. The predicted molar refractivity (Wildman–Crippen MR) is 126 cm³/mol. The molecular weight excluding hydrogens is 444 g/mol. The van der Waals surface area contributed by atoms with Gasteiger partial charge in [-0.25, -0.2) is 0 Å². The van der Waals surface area contributed by atoms with E-state index in [1.165, 1.54) is 0 Å². The standard InChI is InChI=1S/C29H16O6/c30-26-16-7-1-3-9-18(16)28(32)24-20(26)11-5-13-22(24)34-15-35-23-14-6-12-21-25(23)29(33)19-10-4-2-8-17(19)27(21)31/h1-14H,15H2. The Morgan fingerprint density at radius 2 is 0.743 bits per heavy atom. The highest BCUT2D eigenvalue weighted by Crippen LogP contribution is 2.35. The molecule has 0 saturated carbocycles. The Bertz CT molecular complexity index is 1480. The van der Waals surface area contributed by atoms with Gasteiger partial charge >= 0.3 is 0 Å². The van der Waals surface area contributed by atoms with E-state index < -0.39 is 0 Å². The van der Waals surface area contributed by atoms with Gasteiger partial charge in [0.2, 0.25) is 6.79 Å². The highest BCUT2D eigenvalue weighted by atomic mass is 16.7. The molecule has 35 heavy (non-hydrogen) atoms. The fourth-order valence-electron chi connectivity index (χ4n) is 4.62. The lowest BCUT2D eigenvalue weighted by molar-refractivity contribution is 0.0939. The minimum Gasteiger partial charge on any atom is -0.457 e. The molecule has 0 atom stereocenters. The normalized spacial score (nSPS) is 13.5. The summed E-state index contributed by atoms with van der Waals surface area (Å²) in [6, 6.07) is 23.0. The molecule has 6 nitrogen and oxygen atoms in total. The number of hydrogen-bond donors (Lipinski definition) is 0. The van der Waals surface area contributed by atoms with E-state index in [2.05, 4.69) is 0 Å². The summed E-state index contributed by atoms with van der Waals surface area (Å²) >= 11 is 0. The third-order valence-electron chi connectivity index (χ3n) is 6.26. The molecule has 168 valence electrons. The molecule has 0 N–H and O–H groups in total. The van der Waals surface area contributed by atoms with E-state index in [0.29, 0.717) is 22.3 Å². The van der Waals surface area contributed by atoms with Crippen LogP contribution >= 0.6 is 0 Å². The van der Waals surface area contributed by atoms with E-state index >= 15 is 0 Å². The Balaban J connectivity index is 1.29. The van der Waals surface area contributed by atoms with Gasteiger partial charge < -0.3 is 9.47 Å². The first kappa shape index (κ1) is 20.7. The number of hydrogen-bond acceptors (Lipinski definition) is 6. The third kappa shape index (κ3) is 3.11. The third-order valence-corrected chi connectivity index (χ3v) is 6.26. The topological polar surface area (TPSA) is 86.7 Å². The van der Waals surface area contributed by atoms with E-state index in [1.807, 2.05) is 0 Å². The van der Waals surface area contributed by atoms with Crippen LogP contribution in [0.15, 0.2) is 84.9 Å². The maximum atomic E-state index is 13.1. The second-order valence-electron chi connectivity index (χ2n) is 8.17. The first-order chi connectivity index (χ1) is 17.1. The quantitative estimate of drug-likeness (QED) is 0.356.